The number of hydrogen-bond acceptors (Lipinski definition) is 6. The lowest BCUT2D eigenvalue weighted by atomic mass is 9.87. The molecule has 172 valence electrons. The molecule has 9 heteroatoms. The maximum atomic E-state index is 12.2. The van der Waals surface area contributed by atoms with Crippen LogP contribution in [-0.2, 0) is 10.2 Å². The molecule has 0 aliphatic carbocycles. The first-order valence-corrected chi connectivity index (χ1v) is 12.0. The largest absolute Gasteiger partial charge is 0.375 e. The number of amides is 1. The lowest BCUT2D eigenvalue weighted by Gasteiger charge is -2.19. The maximum Gasteiger partial charge on any atom is 0.250 e. The van der Waals surface area contributed by atoms with E-state index in [1.54, 1.807) is 0 Å². The summed E-state index contributed by atoms with van der Waals surface area (Å²) in [5.41, 5.74) is 5.68. The molecule has 1 amide bonds. The Hall–Kier alpha value is -3.04. The van der Waals surface area contributed by atoms with Crippen molar-refractivity contribution in [2.24, 2.45) is 5.10 Å². The number of thiocarbonyl (C=S) groups is 1. The van der Waals surface area contributed by atoms with Gasteiger partial charge in [-0.05, 0) is 30.0 Å². The van der Waals surface area contributed by atoms with Crippen LogP contribution in [-0.4, -0.2) is 44.2 Å². The van der Waals surface area contributed by atoms with Gasteiger partial charge in [-0.2, -0.15) is 5.10 Å². The van der Waals surface area contributed by atoms with Crippen molar-refractivity contribution in [1.29, 1.82) is 0 Å². The van der Waals surface area contributed by atoms with Crippen molar-refractivity contribution in [2.75, 3.05) is 12.3 Å². The molecule has 1 heterocycles. The summed E-state index contributed by atoms with van der Waals surface area (Å²) < 4.78 is 1.97. The van der Waals surface area contributed by atoms with Crippen LogP contribution in [0.25, 0.3) is 17.1 Å². The lowest BCUT2D eigenvalue weighted by Crippen LogP contribution is -2.25. The van der Waals surface area contributed by atoms with Crippen molar-refractivity contribution < 1.29 is 4.79 Å². The zero-order chi connectivity index (χ0) is 23.8. The highest BCUT2D eigenvalue weighted by Gasteiger charge is 2.19. The van der Waals surface area contributed by atoms with Crippen LogP contribution in [0.2, 0.25) is 0 Å². The van der Waals surface area contributed by atoms with Crippen LogP contribution in [0, 0.1) is 0 Å². The third kappa shape index (κ3) is 6.72. The minimum absolute atomic E-state index is 0.0683. The second-order valence-electron chi connectivity index (χ2n) is 8.28. The Balaban J connectivity index is 1.81. The highest BCUT2D eigenvalue weighted by Crippen LogP contribution is 2.30. The van der Waals surface area contributed by atoms with E-state index in [4.69, 9.17) is 12.2 Å². The van der Waals surface area contributed by atoms with E-state index in [0.717, 1.165) is 17.1 Å². The summed E-state index contributed by atoms with van der Waals surface area (Å²) in [6, 6.07) is 18.2. The molecule has 0 saturated heterocycles. The summed E-state index contributed by atoms with van der Waals surface area (Å²) in [6.45, 7) is 9.20. The first-order valence-electron chi connectivity index (χ1n) is 10.6. The van der Waals surface area contributed by atoms with Crippen LogP contribution < -0.4 is 10.7 Å². The van der Waals surface area contributed by atoms with E-state index >= 15 is 0 Å². The summed E-state index contributed by atoms with van der Waals surface area (Å²) in [7, 11) is 0. The van der Waals surface area contributed by atoms with Crippen LogP contribution in [0.5, 0.6) is 0 Å². The fourth-order valence-corrected chi connectivity index (χ4v) is 3.97. The predicted octanol–water partition coefficient (Wildman–Crippen LogP) is 4.36. The third-order valence-electron chi connectivity index (χ3n) is 4.71. The van der Waals surface area contributed by atoms with E-state index < -0.39 is 0 Å². The highest BCUT2D eigenvalue weighted by atomic mass is 32.2. The van der Waals surface area contributed by atoms with Gasteiger partial charge in [0.1, 0.15) is 4.99 Å². The number of carbonyl (C=O) groups is 1. The van der Waals surface area contributed by atoms with Gasteiger partial charge in [-0.15, -0.1) is 10.2 Å². The summed E-state index contributed by atoms with van der Waals surface area (Å²) in [6.07, 6.45) is 1.41. The molecule has 0 aliphatic heterocycles. The van der Waals surface area contributed by atoms with E-state index in [9.17, 15) is 4.79 Å². The van der Waals surface area contributed by atoms with Crippen molar-refractivity contribution in [3.05, 3.63) is 60.2 Å². The fraction of sp³-hybridized carbons (Fsp3) is 0.292. The molecule has 2 aromatic carbocycles. The van der Waals surface area contributed by atoms with Crippen LogP contribution in [0.3, 0.4) is 0 Å². The summed E-state index contributed by atoms with van der Waals surface area (Å²) >= 11 is 6.35. The molecule has 0 aliphatic rings. The molecule has 0 fully saturated rings. The monoisotopic (exact) mass is 480 g/mol. The van der Waals surface area contributed by atoms with E-state index in [1.807, 2.05) is 41.8 Å². The molecule has 0 spiro atoms. The summed E-state index contributed by atoms with van der Waals surface area (Å²) in [5.74, 6) is 0.604. The first kappa shape index (κ1) is 24.6. The average molecular weight is 481 g/mol. The molecule has 2 N–H and O–H groups in total. The molecule has 0 saturated carbocycles. The number of rotatable bonds is 8. The number of para-hydroxylation sites is 1. The van der Waals surface area contributed by atoms with Crippen LogP contribution in [0.15, 0.2) is 64.9 Å². The van der Waals surface area contributed by atoms with Crippen molar-refractivity contribution in [2.45, 2.75) is 38.3 Å². The second kappa shape index (κ2) is 11.2. The van der Waals surface area contributed by atoms with Crippen molar-refractivity contribution >= 4 is 41.1 Å². The Kier molecular flexibility index (Phi) is 8.35. The van der Waals surface area contributed by atoms with Crippen LogP contribution in [0.1, 0.15) is 33.3 Å². The number of carbonyl (C=O) groups excluding carboxylic acids is 1. The smallest absolute Gasteiger partial charge is 0.250 e. The minimum Gasteiger partial charge on any atom is -0.375 e. The number of nitrogens with zero attached hydrogens (tertiary/aromatic N) is 4. The van der Waals surface area contributed by atoms with Gasteiger partial charge in [0.2, 0.25) is 0 Å². The van der Waals surface area contributed by atoms with Crippen molar-refractivity contribution in [3.8, 4) is 17.1 Å². The number of aromatic nitrogens is 3. The number of thioether (sulfide) groups is 1. The average Bonchev–Trinajstić information content (AvgIpc) is 3.22. The Bertz CT molecular complexity index is 1120. The molecule has 0 bridgehead atoms. The zero-order valence-electron chi connectivity index (χ0n) is 19.2. The van der Waals surface area contributed by atoms with E-state index in [2.05, 4.69) is 71.1 Å². The number of nitrogens with one attached hydrogen (secondary N) is 2. The van der Waals surface area contributed by atoms with Crippen LogP contribution in [0.4, 0.5) is 0 Å². The van der Waals surface area contributed by atoms with Crippen LogP contribution >= 0.6 is 24.0 Å². The van der Waals surface area contributed by atoms with Gasteiger partial charge in [-0.25, -0.2) is 5.43 Å². The van der Waals surface area contributed by atoms with E-state index in [1.165, 1.54) is 23.5 Å². The third-order valence-corrected chi connectivity index (χ3v) is 5.89. The molecule has 3 rings (SSSR count). The van der Waals surface area contributed by atoms with Gasteiger partial charge in [0.15, 0.2) is 11.0 Å². The highest BCUT2D eigenvalue weighted by molar-refractivity contribution is 7.99. The van der Waals surface area contributed by atoms with Crippen molar-refractivity contribution in [1.82, 2.24) is 25.5 Å². The number of benzene rings is 2. The van der Waals surface area contributed by atoms with Gasteiger partial charge in [-0.3, -0.25) is 9.36 Å². The molecule has 33 heavy (non-hydrogen) atoms. The fourth-order valence-electron chi connectivity index (χ4n) is 3.02. The molecule has 0 radical (unpaired) electrons. The molecule has 0 unspecified atom stereocenters. The van der Waals surface area contributed by atoms with Gasteiger partial charge in [0.25, 0.3) is 5.91 Å². The molecular weight excluding hydrogens is 452 g/mol. The molecule has 3 aromatic rings. The van der Waals surface area contributed by atoms with Gasteiger partial charge < -0.3 is 5.32 Å². The first-order chi connectivity index (χ1) is 15.8. The molecule has 1 aromatic heterocycles. The zero-order valence-corrected chi connectivity index (χ0v) is 20.8. The predicted molar refractivity (Wildman–Crippen MR) is 139 cm³/mol. The van der Waals surface area contributed by atoms with Gasteiger partial charge in [0, 0.05) is 17.8 Å². The van der Waals surface area contributed by atoms with Crippen molar-refractivity contribution in [3.63, 3.8) is 0 Å². The number of hydrogen-bond donors (Lipinski definition) is 2. The Morgan fingerprint density at radius 2 is 1.82 bits per heavy atom. The SMILES string of the molecule is CCNC(=S)/C=N\NC(=O)CSc1nnc(-c2ccc(C(C)(C)C)cc2)n1-c1ccccc1. The van der Waals surface area contributed by atoms with E-state index in [-0.39, 0.29) is 17.1 Å². The number of hydrazone groups is 1. The Morgan fingerprint density at radius 1 is 1.12 bits per heavy atom. The summed E-state index contributed by atoms with van der Waals surface area (Å²) in [4.78, 5) is 12.7. The molecule has 7 nitrogen and oxygen atoms in total. The summed E-state index contributed by atoms with van der Waals surface area (Å²) in [5, 5.41) is 16.3. The Morgan fingerprint density at radius 3 is 2.45 bits per heavy atom. The second-order valence-corrected chi connectivity index (χ2v) is 9.66. The van der Waals surface area contributed by atoms with Gasteiger partial charge in [0.05, 0.1) is 12.0 Å². The molecule has 0 atom stereocenters. The van der Waals surface area contributed by atoms with Gasteiger partial charge in [-0.1, -0.05) is 87.2 Å². The van der Waals surface area contributed by atoms with Gasteiger partial charge >= 0.3 is 0 Å². The lowest BCUT2D eigenvalue weighted by molar-refractivity contribution is -0.118. The van der Waals surface area contributed by atoms with E-state index in [0.29, 0.717) is 16.7 Å². The topological polar surface area (TPSA) is 84.2 Å². The Labute approximate surface area is 204 Å². The standard InChI is InChI=1S/C24H28N6OS2/c1-5-25-21(32)15-26-27-20(31)16-33-23-29-28-22(30(23)19-9-7-6-8-10-19)17-11-13-18(14-12-17)24(2,3)4/h6-15H,5,16H2,1-4H3,(H,25,32)(H,27,31)/b26-15-. The normalized spacial score (nSPS) is 11.5. The minimum atomic E-state index is -0.255. The maximum absolute atomic E-state index is 12.2. The quantitative estimate of drug-likeness (QED) is 0.216. The molecular formula is C24H28N6OS2.